The van der Waals surface area contributed by atoms with E-state index < -0.39 is 86.3 Å². The largest absolute Gasteiger partial charge is 0.460 e. The number of ketones is 3. The molecule has 2 N–H and O–H groups in total. The molecule has 4 aliphatic rings. The van der Waals surface area contributed by atoms with Crippen LogP contribution >= 0.6 is 0 Å². The molecular formula is C54H87NO13Si. The number of cyclic esters (lactones) is 1. The van der Waals surface area contributed by atoms with Crippen LogP contribution in [-0.4, -0.2) is 135 Å². The van der Waals surface area contributed by atoms with Gasteiger partial charge in [0.25, 0.3) is 11.7 Å². The Balaban J connectivity index is 1.76. The Morgan fingerprint density at radius 2 is 1.55 bits per heavy atom. The number of carbonyl (C=O) groups excluding carboxylic acids is 5. The maximum Gasteiger partial charge on any atom is 0.329 e. The fourth-order valence-electron chi connectivity index (χ4n) is 10.6. The first-order valence-electron chi connectivity index (χ1n) is 25.6. The average molecular weight is 986 g/mol. The first-order chi connectivity index (χ1) is 32.4. The van der Waals surface area contributed by atoms with E-state index in [-0.39, 0.29) is 60.7 Å². The number of hydrogen-bond acceptors (Lipinski definition) is 13. The number of rotatable bonds is 8. The molecule has 0 aromatic rings. The lowest BCUT2D eigenvalue weighted by Gasteiger charge is -2.42. The number of amides is 1. The zero-order valence-electron chi connectivity index (χ0n) is 44.1. The predicted octanol–water partition coefficient (Wildman–Crippen LogP) is 8.04. The molecule has 390 valence electrons. The Kier molecular flexibility index (Phi) is 22.4. The minimum atomic E-state index is -2.42. The summed E-state index contributed by atoms with van der Waals surface area (Å²) in [4.78, 5) is 73.1. The molecule has 1 aliphatic carbocycles. The summed E-state index contributed by atoms with van der Waals surface area (Å²) >= 11 is 0. The summed E-state index contributed by atoms with van der Waals surface area (Å²) in [6.07, 6.45) is 12.7. The molecule has 15 heteroatoms. The molecule has 0 spiro atoms. The van der Waals surface area contributed by atoms with Crippen LogP contribution in [-0.2, 0) is 52.1 Å². The van der Waals surface area contributed by atoms with Crippen molar-refractivity contribution in [3.05, 3.63) is 47.6 Å². The number of allylic oxidation sites excluding steroid dienone is 6. The van der Waals surface area contributed by atoms with Crippen molar-refractivity contribution in [1.29, 1.82) is 0 Å². The molecule has 1 saturated carbocycles. The van der Waals surface area contributed by atoms with Crippen molar-refractivity contribution in [2.75, 3.05) is 27.9 Å². The summed E-state index contributed by atoms with van der Waals surface area (Å²) in [6.45, 7) is 19.4. The smallest absolute Gasteiger partial charge is 0.329 e. The number of aliphatic hydroxyl groups is 2. The Labute approximate surface area is 414 Å². The lowest BCUT2D eigenvalue weighted by Crippen LogP contribution is -2.61. The number of Topliss-reactive ketones (excluding diaryl/α,β-unsaturated/α-hetero) is 3. The Hall–Kier alpha value is -3.15. The number of hydrogen-bond donors (Lipinski definition) is 2. The summed E-state index contributed by atoms with van der Waals surface area (Å²) in [5, 5.41) is 22.5. The molecule has 0 radical (unpaired) electrons. The molecule has 0 aromatic heterocycles. The highest BCUT2D eigenvalue weighted by Gasteiger charge is 2.53. The van der Waals surface area contributed by atoms with Crippen LogP contribution in [0.4, 0.5) is 0 Å². The summed E-state index contributed by atoms with van der Waals surface area (Å²) in [5.41, 5.74) is 1.58. The van der Waals surface area contributed by atoms with Gasteiger partial charge in [0, 0.05) is 58.5 Å². The zero-order chi connectivity index (χ0) is 51.4. The van der Waals surface area contributed by atoms with E-state index in [0.717, 1.165) is 12.0 Å². The number of ether oxygens (including phenoxy) is 5. The van der Waals surface area contributed by atoms with Crippen molar-refractivity contribution < 1.29 is 62.3 Å². The highest BCUT2D eigenvalue weighted by Crippen LogP contribution is 2.38. The van der Waals surface area contributed by atoms with Gasteiger partial charge in [-0.1, -0.05) is 71.1 Å². The molecule has 2 bridgehead atoms. The van der Waals surface area contributed by atoms with Gasteiger partial charge in [0.1, 0.15) is 24.0 Å². The van der Waals surface area contributed by atoms with Gasteiger partial charge < -0.3 is 43.2 Å². The normalized spacial score (nSPS) is 39.0. The zero-order valence-corrected chi connectivity index (χ0v) is 45.1. The second-order valence-electron chi connectivity index (χ2n) is 21.8. The van der Waals surface area contributed by atoms with Gasteiger partial charge in [-0.2, -0.15) is 0 Å². The number of carbonyl (C=O) groups is 5. The van der Waals surface area contributed by atoms with Crippen LogP contribution in [0.5, 0.6) is 0 Å². The third kappa shape index (κ3) is 16.2. The average Bonchev–Trinajstić information content (AvgIpc) is 3.30. The highest BCUT2D eigenvalue weighted by molar-refractivity contribution is 6.69. The Bertz CT molecular complexity index is 1870. The molecule has 4 rings (SSSR count). The van der Waals surface area contributed by atoms with E-state index in [1.807, 2.05) is 83.8 Å². The van der Waals surface area contributed by atoms with E-state index in [1.165, 1.54) is 12.0 Å². The minimum absolute atomic E-state index is 0.0556. The summed E-state index contributed by atoms with van der Waals surface area (Å²) < 4.78 is 36.7. The molecule has 0 aromatic carbocycles. The topological polar surface area (TPSA) is 184 Å². The Morgan fingerprint density at radius 1 is 0.841 bits per heavy atom. The number of methoxy groups -OCH3 is 3. The molecule has 3 aliphatic heterocycles. The number of aliphatic hydroxyl groups excluding tert-OH is 1. The molecule has 2 saturated heterocycles. The fourth-order valence-corrected chi connectivity index (χ4v) is 11.7. The van der Waals surface area contributed by atoms with Gasteiger partial charge in [-0.15, -0.1) is 0 Å². The van der Waals surface area contributed by atoms with Gasteiger partial charge in [0.2, 0.25) is 5.79 Å². The van der Waals surface area contributed by atoms with Crippen LogP contribution in [0.3, 0.4) is 0 Å². The number of nitrogens with zero attached hydrogens (tertiary/aromatic N) is 1. The fraction of sp³-hybridized carbons (Fsp3) is 0.759. The van der Waals surface area contributed by atoms with E-state index in [0.29, 0.717) is 63.4 Å². The Morgan fingerprint density at radius 3 is 2.20 bits per heavy atom. The standard InChI is InChI=1S/C54H87NO13Si/c1-33-19-15-14-16-20-34(2)45(63-8)31-41-24-22-39(7)54(62,67-41)51(59)52(60)55-26-18-17-21-42(55)53(61)66-46(36(4)29-40-23-25-43(56)47(30-40)64-9)32-44(57)35(3)28-38(6)49(68-69(11,12)13)50(65-10)48(58)37(5)27-33/h14-16,19-20,28,33,35-37,39-43,45-47,49-50,56,62H,17-18,21-27,29-32H2,1-13H3/b16-14+,19-15+,34-20+,38-28+/t33-,35-,36-,37-,39-,40+,41+,42+,43-,45+,46+,47-,49-,50+,54-/m1/s1. The summed E-state index contributed by atoms with van der Waals surface area (Å²) in [5.74, 6) is -7.43. The second kappa shape index (κ2) is 26.5. The van der Waals surface area contributed by atoms with Crippen LogP contribution in [0, 0.1) is 35.5 Å². The third-order valence-corrected chi connectivity index (χ3v) is 15.9. The molecule has 3 fully saturated rings. The second-order valence-corrected chi connectivity index (χ2v) is 26.3. The van der Waals surface area contributed by atoms with Crippen LogP contribution in [0.25, 0.3) is 0 Å². The third-order valence-electron chi connectivity index (χ3n) is 14.9. The van der Waals surface area contributed by atoms with E-state index in [2.05, 4.69) is 6.92 Å². The van der Waals surface area contributed by atoms with Crippen LogP contribution < -0.4 is 0 Å². The van der Waals surface area contributed by atoms with Crippen LogP contribution in [0.1, 0.15) is 126 Å². The maximum atomic E-state index is 14.5. The highest BCUT2D eigenvalue weighted by atomic mass is 28.4. The summed E-state index contributed by atoms with van der Waals surface area (Å²) in [6, 6.07) is -1.13. The molecular weight excluding hydrogens is 899 g/mol. The number of esters is 1. The maximum absolute atomic E-state index is 14.5. The number of fused-ring (bicyclic) bond motifs is 3. The molecule has 3 heterocycles. The van der Waals surface area contributed by atoms with Crippen LogP contribution in [0.15, 0.2) is 47.6 Å². The van der Waals surface area contributed by atoms with E-state index in [4.69, 9.17) is 28.1 Å². The van der Waals surface area contributed by atoms with Crippen molar-refractivity contribution in [1.82, 2.24) is 4.90 Å². The van der Waals surface area contributed by atoms with Crippen molar-refractivity contribution >= 4 is 37.5 Å². The van der Waals surface area contributed by atoms with Gasteiger partial charge >= 0.3 is 5.97 Å². The molecule has 1 amide bonds. The van der Waals surface area contributed by atoms with Crippen molar-refractivity contribution in [3.63, 3.8) is 0 Å². The predicted molar refractivity (Wildman–Crippen MR) is 267 cm³/mol. The van der Waals surface area contributed by atoms with Gasteiger partial charge in [-0.25, -0.2) is 4.79 Å². The lowest BCUT2D eigenvalue weighted by atomic mass is 9.78. The van der Waals surface area contributed by atoms with Gasteiger partial charge in [0.05, 0.1) is 30.5 Å². The minimum Gasteiger partial charge on any atom is -0.460 e. The molecule has 15 atom stereocenters. The van der Waals surface area contributed by atoms with E-state index in [9.17, 15) is 34.2 Å². The monoisotopic (exact) mass is 986 g/mol. The molecule has 14 nitrogen and oxygen atoms in total. The quantitative estimate of drug-likeness (QED) is 0.103. The van der Waals surface area contributed by atoms with Gasteiger partial charge in [0.15, 0.2) is 14.1 Å². The van der Waals surface area contributed by atoms with E-state index >= 15 is 0 Å². The molecule has 69 heavy (non-hydrogen) atoms. The van der Waals surface area contributed by atoms with Crippen LogP contribution in [0.2, 0.25) is 19.6 Å². The van der Waals surface area contributed by atoms with Crippen molar-refractivity contribution in [2.24, 2.45) is 35.5 Å². The molecule has 0 unspecified atom stereocenters. The summed E-state index contributed by atoms with van der Waals surface area (Å²) in [7, 11) is 2.40. The van der Waals surface area contributed by atoms with Gasteiger partial charge in [-0.05, 0) is 127 Å². The first-order valence-corrected chi connectivity index (χ1v) is 29.0. The SMILES string of the molecule is CO[C@H]1C[C@@H]2CC[C@@H](C)[C@@](O)(O2)C(=O)C(=O)N2CCCC[C@H]2C(=O)O[C@H]([C@H](C)C[C@@H]2CC[C@@H](O)[C@H](OC)C2)CC(=O)[C@H](C)/C=C(\C)[C@@H](O[Si](C)(C)C)[C@@H](OC)C(=O)[C@H](C)C[C@H](C)/C=C/C=C/C=C/1C. The number of piperidine rings is 1. The van der Waals surface area contributed by atoms with Gasteiger partial charge in [-0.3, -0.25) is 19.2 Å². The van der Waals surface area contributed by atoms with Crippen molar-refractivity contribution in [2.45, 2.75) is 200 Å². The van der Waals surface area contributed by atoms with E-state index in [1.54, 1.807) is 28.1 Å². The van der Waals surface area contributed by atoms with Crippen molar-refractivity contribution in [3.8, 4) is 0 Å². The first kappa shape index (κ1) is 58.4. The lowest BCUT2D eigenvalue weighted by molar-refractivity contribution is -0.265.